The summed E-state index contributed by atoms with van der Waals surface area (Å²) in [6.45, 7) is 5.06. The molecule has 8 atom stereocenters. The second kappa shape index (κ2) is 12.7. The largest absolute Gasteiger partial charge is 0.387 e. The molecule has 1 aromatic carbocycles. The first-order valence-corrected chi connectivity index (χ1v) is 17.0. The van der Waals surface area contributed by atoms with Crippen molar-refractivity contribution in [1.82, 2.24) is 25.3 Å². The summed E-state index contributed by atoms with van der Waals surface area (Å²) in [6, 6.07) is 7.47. The maximum absolute atomic E-state index is 11.1. The van der Waals surface area contributed by atoms with Crippen molar-refractivity contribution in [3.05, 3.63) is 23.8 Å². The Hall–Kier alpha value is -1.54. The van der Waals surface area contributed by atoms with Crippen LogP contribution in [0, 0.1) is 5.92 Å². The minimum atomic E-state index is -0.951. The molecule has 43 heavy (non-hydrogen) atoms. The molecule has 0 amide bonds. The molecule has 3 saturated heterocycles. The lowest BCUT2D eigenvalue weighted by molar-refractivity contribution is -0.132. The van der Waals surface area contributed by atoms with E-state index in [1.807, 2.05) is 0 Å². The fourth-order valence-electron chi connectivity index (χ4n) is 8.27. The number of fused-ring (bicyclic) bond motifs is 2. The van der Waals surface area contributed by atoms with E-state index in [9.17, 15) is 10.2 Å². The van der Waals surface area contributed by atoms with Gasteiger partial charge in [0, 0.05) is 19.1 Å². The minimum absolute atomic E-state index is 0.0277. The number of nitrogens with zero attached hydrogens (tertiary/aromatic N) is 3. The van der Waals surface area contributed by atoms with Crippen molar-refractivity contribution in [2.24, 2.45) is 11.7 Å². The van der Waals surface area contributed by atoms with Crippen LogP contribution in [0.2, 0.25) is 0 Å². The Balaban J connectivity index is 0.868. The first-order chi connectivity index (χ1) is 20.9. The molecule has 0 radical (unpaired) electrons. The van der Waals surface area contributed by atoms with E-state index < -0.39 is 24.5 Å². The average Bonchev–Trinajstić information content (AvgIpc) is 3.63. The van der Waals surface area contributed by atoms with Crippen LogP contribution in [0.5, 0.6) is 0 Å². The van der Waals surface area contributed by atoms with Crippen LogP contribution in [0.15, 0.2) is 18.2 Å². The van der Waals surface area contributed by atoms with Gasteiger partial charge in [0.25, 0.3) is 0 Å². The molecule has 4 aliphatic heterocycles. The van der Waals surface area contributed by atoms with Gasteiger partial charge in [-0.2, -0.15) is 0 Å². The monoisotopic (exact) mass is 598 g/mol. The lowest BCUT2D eigenvalue weighted by Crippen LogP contribution is -2.69. The number of nitrogens with two attached hydrogens (primary N) is 1. The Morgan fingerprint density at radius 3 is 2.63 bits per heavy atom. The minimum Gasteiger partial charge on any atom is -0.387 e. The number of rotatable bonds is 11. The Morgan fingerprint density at radius 2 is 1.86 bits per heavy atom. The molecule has 8 N–H and O–H groups in total. The SMILES string of the molecule is CCCCN1CNC(N)C2NCN([C@@H]3O[C@H](CN(C)C4CC(CCC5Nc6ccc(C7CCC7)cc6N5)C4)[C@@H](O)[C@H]3O)C21. The summed E-state index contributed by atoms with van der Waals surface area (Å²) in [5, 5.41) is 36.5. The summed E-state index contributed by atoms with van der Waals surface area (Å²) in [4.78, 5) is 6.89. The van der Waals surface area contributed by atoms with Crippen LogP contribution in [-0.2, 0) is 4.74 Å². The number of anilines is 2. The molecule has 0 bridgehead atoms. The molecular weight excluding hydrogens is 544 g/mol. The van der Waals surface area contributed by atoms with Gasteiger partial charge in [-0.25, -0.2) is 4.90 Å². The molecule has 5 fully saturated rings. The quantitative estimate of drug-likeness (QED) is 0.200. The Labute approximate surface area is 256 Å². The first-order valence-electron chi connectivity index (χ1n) is 17.0. The summed E-state index contributed by atoms with van der Waals surface area (Å²) in [6.07, 6.45) is 8.28. The number of ether oxygens (including phenoxy) is 1. The highest BCUT2D eigenvalue weighted by molar-refractivity contribution is 5.75. The zero-order valence-corrected chi connectivity index (χ0v) is 26.0. The van der Waals surface area contributed by atoms with Crippen LogP contribution in [0.25, 0.3) is 0 Å². The second-order valence-electron chi connectivity index (χ2n) is 14.2. The predicted octanol–water partition coefficient (Wildman–Crippen LogP) is 1.56. The Bertz CT molecular complexity index is 1100. The van der Waals surface area contributed by atoms with Crippen molar-refractivity contribution in [1.29, 1.82) is 0 Å². The van der Waals surface area contributed by atoms with Crippen LogP contribution in [0.1, 0.15) is 76.2 Å². The van der Waals surface area contributed by atoms with Crippen LogP contribution in [0.4, 0.5) is 11.4 Å². The topological polar surface area (TPSA) is 134 Å². The van der Waals surface area contributed by atoms with Crippen LogP contribution in [0.3, 0.4) is 0 Å². The van der Waals surface area contributed by atoms with Gasteiger partial charge in [-0.1, -0.05) is 25.8 Å². The van der Waals surface area contributed by atoms with Gasteiger partial charge < -0.3 is 36.2 Å². The zero-order chi connectivity index (χ0) is 29.7. The smallest absolute Gasteiger partial charge is 0.142 e. The first kappa shape index (κ1) is 30.1. The van der Waals surface area contributed by atoms with Crippen LogP contribution >= 0.6 is 0 Å². The van der Waals surface area contributed by atoms with E-state index in [4.69, 9.17) is 10.5 Å². The molecule has 0 spiro atoms. The van der Waals surface area contributed by atoms with E-state index in [1.54, 1.807) is 0 Å². The van der Waals surface area contributed by atoms with E-state index in [1.165, 1.54) is 55.5 Å². The fraction of sp³-hybridized carbons (Fsp3) is 0.812. The van der Waals surface area contributed by atoms with Gasteiger partial charge in [0.2, 0.25) is 0 Å². The number of aliphatic hydroxyl groups is 2. The maximum Gasteiger partial charge on any atom is 0.142 e. The molecule has 0 aromatic heterocycles. The van der Waals surface area contributed by atoms with Crippen molar-refractivity contribution < 1.29 is 14.9 Å². The molecule has 2 saturated carbocycles. The standard InChI is InChI=1S/C32H54N8O3/c1-3-4-12-39-17-35-30(33)27-31(39)40(18-34-27)32-29(42)28(41)25(43-32)16-38(2)22-13-19(14-22)8-11-26-36-23-10-9-21(15-24(23)37-26)20-6-5-7-20/h9-10,15,19-20,22,25-32,34-37,41-42H,3-8,11-14,16-18,33H2,1-2H3/t19?,22?,25-,26?,27?,28-,29-,30?,31?,32-/m1/s1. The second-order valence-corrected chi connectivity index (χ2v) is 14.2. The lowest BCUT2D eigenvalue weighted by Gasteiger charge is -2.45. The van der Waals surface area contributed by atoms with Crippen molar-refractivity contribution >= 4 is 11.4 Å². The number of unbranched alkanes of at least 4 members (excludes halogenated alkanes) is 1. The van der Waals surface area contributed by atoms with E-state index in [0.29, 0.717) is 32.1 Å². The van der Waals surface area contributed by atoms with Gasteiger partial charge in [-0.05, 0) is 81.5 Å². The molecular formula is C32H54N8O3. The predicted molar refractivity (Wildman–Crippen MR) is 168 cm³/mol. The fourth-order valence-corrected chi connectivity index (χ4v) is 8.27. The van der Waals surface area contributed by atoms with Gasteiger partial charge in [0.15, 0.2) is 0 Å². The number of aliphatic hydroxyl groups excluding tert-OH is 2. The van der Waals surface area contributed by atoms with Crippen molar-refractivity contribution in [2.45, 2.75) is 126 Å². The summed E-state index contributed by atoms with van der Waals surface area (Å²) in [5.41, 5.74) is 10.4. The zero-order valence-electron chi connectivity index (χ0n) is 26.0. The summed E-state index contributed by atoms with van der Waals surface area (Å²) >= 11 is 0. The van der Waals surface area contributed by atoms with Crippen molar-refractivity contribution in [3.63, 3.8) is 0 Å². The van der Waals surface area contributed by atoms with E-state index in [2.05, 4.69) is 68.1 Å². The molecule has 6 aliphatic rings. The number of nitrogens with one attached hydrogen (secondary N) is 4. The van der Waals surface area contributed by atoms with Gasteiger partial charge >= 0.3 is 0 Å². The summed E-state index contributed by atoms with van der Waals surface area (Å²) in [7, 11) is 2.14. The molecule has 7 rings (SSSR count). The Kier molecular flexibility index (Phi) is 8.89. The molecule has 240 valence electrons. The highest BCUT2D eigenvalue weighted by Crippen LogP contribution is 2.41. The van der Waals surface area contributed by atoms with E-state index in [0.717, 1.165) is 37.6 Å². The average molecular weight is 599 g/mol. The van der Waals surface area contributed by atoms with Crippen LogP contribution in [-0.4, -0.2) is 114 Å². The van der Waals surface area contributed by atoms with Crippen LogP contribution < -0.4 is 27.0 Å². The van der Waals surface area contributed by atoms with Crippen molar-refractivity contribution in [3.8, 4) is 0 Å². The number of hydrogen-bond acceptors (Lipinski definition) is 11. The molecule has 1 aromatic rings. The lowest BCUT2D eigenvalue weighted by atomic mass is 9.76. The van der Waals surface area contributed by atoms with E-state index >= 15 is 0 Å². The Morgan fingerprint density at radius 1 is 1.05 bits per heavy atom. The number of benzene rings is 1. The summed E-state index contributed by atoms with van der Waals surface area (Å²) < 4.78 is 6.44. The highest BCUT2D eigenvalue weighted by Gasteiger charge is 2.53. The van der Waals surface area contributed by atoms with Gasteiger partial charge in [-0.3, -0.25) is 15.5 Å². The number of hydrogen-bond donors (Lipinski definition) is 7. The molecule has 4 heterocycles. The third-order valence-electron chi connectivity index (χ3n) is 11.4. The molecule has 11 heteroatoms. The summed E-state index contributed by atoms with van der Waals surface area (Å²) in [5.74, 6) is 1.49. The highest BCUT2D eigenvalue weighted by atomic mass is 16.6. The van der Waals surface area contributed by atoms with Gasteiger partial charge in [0.05, 0.1) is 49.3 Å². The number of likely N-dealkylation sites (N-methyl/N-ethyl adjacent to an activating group) is 1. The third kappa shape index (κ3) is 5.93. The van der Waals surface area contributed by atoms with Gasteiger partial charge in [-0.15, -0.1) is 0 Å². The maximum atomic E-state index is 11.1. The molecule has 4 unspecified atom stereocenters. The third-order valence-corrected chi connectivity index (χ3v) is 11.4. The normalized spacial score (nSPS) is 39.7. The molecule has 11 nitrogen and oxygen atoms in total. The van der Waals surface area contributed by atoms with Gasteiger partial charge in [0.1, 0.15) is 24.5 Å². The molecule has 2 aliphatic carbocycles. The van der Waals surface area contributed by atoms with Crippen molar-refractivity contribution in [2.75, 3.05) is 44.1 Å². The van der Waals surface area contributed by atoms with E-state index in [-0.39, 0.29) is 18.4 Å².